The van der Waals surface area contributed by atoms with E-state index in [1.54, 1.807) is 12.1 Å². The van der Waals surface area contributed by atoms with E-state index < -0.39 is 16.3 Å². The van der Waals surface area contributed by atoms with Gasteiger partial charge in [-0.15, -0.1) is 12.4 Å². The van der Waals surface area contributed by atoms with Crippen molar-refractivity contribution in [2.45, 2.75) is 6.04 Å². The number of rotatable bonds is 6. The molecule has 1 aromatic carbocycles. The first-order chi connectivity index (χ1) is 10.5. The minimum Gasteiger partial charge on any atom is -0.383 e. The number of ether oxygens (including phenoxy) is 1. The van der Waals surface area contributed by atoms with Crippen molar-refractivity contribution in [1.82, 2.24) is 13.9 Å². The predicted molar refractivity (Wildman–Crippen MR) is 89.4 cm³/mol. The SMILES string of the molecule is COCCN(C)S(=O)(=O)N1CCNCC1c1cccc(F)c1.Cl. The smallest absolute Gasteiger partial charge is 0.282 e. The van der Waals surface area contributed by atoms with E-state index in [0.29, 0.717) is 31.8 Å². The molecule has 2 rings (SSSR count). The molecule has 1 atom stereocenters. The Balaban J connectivity index is 0.00000264. The molecule has 1 aromatic rings. The van der Waals surface area contributed by atoms with Crippen LogP contribution in [0.15, 0.2) is 24.3 Å². The summed E-state index contributed by atoms with van der Waals surface area (Å²) in [5.41, 5.74) is 0.649. The number of benzene rings is 1. The van der Waals surface area contributed by atoms with E-state index in [4.69, 9.17) is 4.74 Å². The number of nitrogens with zero attached hydrogens (tertiary/aromatic N) is 2. The average molecular weight is 368 g/mol. The molecular formula is C14H23ClFN3O3S. The van der Waals surface area contributed by atoms with E-state index in [9.17, 15) is 12.8 Å². The zero-order chi connectivity index (χ0) is 16.2. The van der Waals surface area contributed by atoms with Gasteiger partial charge < -0.3 is 10.1 Å². The van der Waals surface area contributed by atoms with Crippen molar-refractivity contribution in [1.29, 1.82) is 0 Å². The fraction of sp³-hybridized carbons (Fsp3) is 0.571. The highest BCUT2D eigenvalue weighted by Gasteiger charge is 2.35. The van der Waals surface area contributed by atoms with Crippen LogP contribution in [-0.4, -0.2) is 64.0 Å². The lowest BCUT2D eigenvalue weighted by atomic mass is 10.1. The van der Waals surface area contributed by atoms with Gasteiger partial charge in [0.05, 0.1) is 12.6 Å². The van der Waals surface area contributed by atoms with Crippen LogP contribution in [0.5, 0.6) is 0 Å². The molecule has 0 aliphatic carbocycles. The molecule has 1 saturated heterocycles. The summed E-state index contributed by atoms with van der Waals surface area (Å²) in [6, 6.07) is 5.66. The second kappa shape index (κ2) is 8.91. The maximum Gasteiger partial charge on any atom is 0.282 e. The highest BCUT2D eigenvalue weighted by atomic mass is 35.5. The van der Waals surface area contributed by atoms with Crippen molar-refractivity contribution < 1.29 is 17.5 Å². The molecule has 6 nitrogen and oxygen atoms in total. The Morgan fingerprint density at radius 1 is 1.48 bits per heavy atom. The lowest BCUT2D eigenvalue weighted by Crippen LogP contribution is -2.53. The minimum atomic E-state index is -3.62. The normalized spacial score (nSPS) is 19.6. The van der Waals surface area contributed by atoms with Gasteiger partial charge in [0.1, 0.15) is 5.82 Å². The number of likely N-dealkylation sites (N-methyl/N-ethyl adjacent to an activating group) is 1. The van der Waals surface area contributed by atoms with Crippen LogP contribution in [0.4, 0.5) is 4.39 Å². The molecule has 1 heterocycles. The van der Waals surface area contributed by atoms with Crippen molar-refractivity contribution in [3.63, 3.8) is 0 Å². The highest BCUT2D eigenvalue weighted by molar-refractivity contribution is 7.86. The first kappa shape index (κ1) is 20.3. The van der Waals surface area contributed by atoms with Crippen molar-refractivity contribution >= 4 is 22.6 Å². The maximum absolute atomic E-state index is 13.5. The standard InChI is InChI=1S/C14H22FN3O3S.ClH/c1-17(8-9-21-2)22(19,20)18-7-6-16-11-14(18)12-4-3-5-13(15)10-12;/h3-5,10,14,16H,6-9,11H2,1-2H3;1H. The summed E-state index contributed by atoms with van der Waals surface area (Å²) in [4.78, 5) is 0. The fourth-order valence-corrected chi connectivity index (χ4v) is 3.98. The van der Waals surface area contributed by atoms with E-state index >= 15 is 0 Å². The molecule has 1 N–H and O–H groups in total. The summed E-state index contributed by atoms with van der Waals surface area (Å²) in [6.07, 6.45) is 0. The third-order valence-corrected chi connectivity index (χ3v) is 5.73. The summed E-state index contributed by atoms with van der Waals surface area (Å²) in [5.74, 6) is -0.367. The van der Waals surface area contributed by atoms with Crippen LogP contribution in [0.3, 0.4) is 0 Å². The van der Waals surface area contributed by atoms with Gasteiger partial charge in [-0.2, -0.15) is 17.0 Å². The summed E-state index contributed by atoms with van der Waals surface area (Å²) in [7, 11) is -0.565. The van der Waals surface area contributed by atoms with Crippen molar-refractivity contribution in [2.75, 3.05) is 46.9 Å². The van der Waals surface area contributed by atoms with Gasteiger partial charge in [-0.25, -0.2) is 4.39 Å². The molecule has 0 aromatic heterocycles. The third kappa shape index (κ3) is 4.85. The van der Waals surface area contributed by atoms with Crippen LogP contribution in [0.1, 0.15) is 11.6 Å². The quantitative estimate of drug-likeness (QED) is 0.815. The topological polar surface area (TPSA) is 61.9 Å². The molecule has 1 unspecified atom stereocenters. The van der Waals surface area contributed by atoms with Gasteiger partial charge in [-0.1, -0.05) is 12.1 Å². The van der Waals surface area contributed by atoms with Gasteiger partial charge in [-0.05, 0) is 17.7 Å². The molecular weight excluding hydrogens is 345 g/mol. The molecule has 1 aliphatic rings. The molecule has 1 fully saturated rings. The molecule has 0 bridgehead atoms. The molecule has 23 heavy (non-hydrogen) atoms. The van der Waals surface area contributed by atoms with Gasteiger partial charge in [-0.3, -0.25) is 0 Å². The summed E-state index contributed by atoms with van der Waals surface area (Å²) < 4.78 is 46.6. The second-order valence-corrected chi connectivity index (χ2v) is 7.20. The van der Waals surface area contributed by atoms with Crippen LogP contribution in [0, 0.1) is 5.82 Å². The molecule has 0 radical (unpaired) electrons. The maximum atomic E-state index is 13.5. The number of hydrogen-bond donors (Lipinski definition) is 1. The Kier molecular flexibility index (Phi) is 7.85. The van der Waals surface area contributed by atoms with Crippen molar-refractivity contribution in [3.05, 3.63) is 35.6 Å². The minimum absolute atomic E-state index is 0. The lowest BCUT2D eigenvalue weighted by molar-refractivity contribution is 0.178. The number of piperazine rings is 1. The van der Waals surface area contributed by atoms with E-state index in [-0.39, 0.29) is 24.8 Å². The number of methoxy groups -OCH3 is 1. The lowest BCUT2D eigenvalue weighted by Gasteiger charge is -2.37. The Morgan fingerprint density at radius 2 is 2.22 bits per heavy atom. The zero-order valence-corrected chi connectivity index (χ0v) is 14.9. The van der Waals surface area contributed by atoms with E-state index in [0.717, 1.165) is 0 Å². The van der Waals surface area contributed by atoms with Gasteiger partial charge >= 0.3 is 0 Å². The summed E-state index contributed by atoms with van der Waals surface area (Å²) in [5, 5.41) is 3.17. The summed E-state index contributed by atoms with van der Waals surface area (Å²) in [6.45, 7) is 1.98. The van der Waals surface area contributed by atoms with E-state index in [1.165, 1.54) is 34.9 Å². The second-order valence-electron chi connectivity index (χ2n) is 5.21. The Hall–Kier alpha value is -0.770. The monoisotopic (exact) mass is 367 g/mol. The third-order valence-electron chi connectivity index (χ3n) is 3.73. The molecule has 0 spiro atoms. The van der Waals surface area contributed by atoms with E-state index in [1.807, 2.05) is 0 Å². The first-order valence-corrected chi connectivity index (χ1v) is 8.54. The van der Waals surface area contributed by atoms with Crippen LogP contribution in [0.2, 0.25) is 0 Å². The van der Waals surface area contributed by atoms with Gasteiger partial charge in [0.15, 0.2) is 0 Å². The average Bonchev–Trinajstić information content (AvgIpc) is 2.52. The fourth-order valence-electron chi connectivity index (χ4n) is 2.47. The summed E-state index contributed by atoms with van der Waals surface area (Å²) >= 11 is 0. The molecule has 0 amide bonds. The van der Waals surface area contributed by atoms with Crippen molar-refractivity contribution in [2.24, 2.45) is 0 Å². The van der Waals surface area contributed by atoms with Crippen molar-refractivity contribution in [3.8, 4) is 0 Å². The Bertz CT molecular complexity index is 603. The largest absolute Gasteiger partial charge is 0.383 e. The van der Waals surface area contributed by atoms with Crippen LogP contribution >= 0.6 is 12.4 Å². The van der Waals surface area contributed by atoms with Crippen LogP contribution < -0.4 is 5.32 Å². The molecule has 9 heteroatoms. The predicted octanol–water partition coefficient (Wildman–Crippen LogP) is 1.02. The Labute approximate surface area is 143 Å². The number of halogens is 2. The number of hydrogen-bond acceptors (Lipinski definition) is 4. The zero-order valence-electron chi connectivity index (χ0n) is 13.2. The number of nitrogens with one attached hydrogen (secondary N) is 1. The molecule has 132 valence electrons. The van der Waals surface area contributed by atoms with E-state index in [2.05, 4.69) is 5.32 Å². The van der Waals surface area contributed by atoms with Gasteiger partial charge in [0.2, 0.25) is 0 Å². The van der Waals surface area contributed by atoms with Crippen LogP contribution in [0.25, 0.3) is 0 Å². The van der Waals surface area contributed by atoms with Gasteiger partial charge in [0.25, 0.3) is 10.2 Å². The molecule has 0 saturated carbocycles. The Morgan fingerprint density at radius 3 is 2.87 bits per heavy atom. The van der Waals surface area contributed by atoms with Crippen LogP contribution in [-0.2, 0) is 14.9 Å². The molecule has 1 aliphatic heterocycles. The highest BCUT2D eigenvalue weighted by Crippen LogP contribution is 2.26. The van der Waals surface area contributed by atoms with Gasteiger partial charge in [0, 0.05) is 40.3 Å². The first-order valence-electron chi connectivity index (χ1n) is 7.15.